The van der Waals surface area contributed by atoms with Gasteiger partial charge < -0.3 is 10.6 Å². The van der Waals surface area contributed by atoms with Crippen LogP contribution >= 0.6 is 0 Å². The molecule has 0 saturated heterocycles. The van der Waals surface area contributed by atoms with Gasteiger partial charge in [0.1, 0.15) is 0 Å². The largest absolute Gasteiger partial charge is 0.330 e. The van der Waals surface area contributed by atoms with Crippen LogP contribution in [0.5, 0.6) is 0 Å². The van der Waals surface area contributed by atoms with Gasteiger partial charge in [-0.15, -0.1) is 0 Å². The van der Waals surface area contributed by atoms with Crippen molar-refractivity contribution in [1.82, 2.24) is 4.90 Å². The highest BCUT2D eigenvalue weighted by Gasteiger charge is 2.21. The standard InChI is InChI=1S/C11H26N2/c1-5-6-7-10-13(4)11(2,3)8-9-12/h5-10,12H2,1-4H3. The molecule has 0 aliphatic carbocycles. The summed E-state index contributed by atoms with van der Waals surface area (Å²) in [7, 11) is 2.20. The molecular formula is C11H26N2. The van der Waals surface area contributed by atoms with E-state index in [4.69, 9.17) is 5.73 Å². The van der Waals surface area contributed by atoms with Crippen LogP contribution in [0.25, 0.3) is 0 Å². The molecule has 0 aromatic heterocycles. The summed E-state index contributed by atoms with van der Waals surface area (Å²) in [6.07, 6.45) is 5.02. The van der Waals surface area contributed by atoms with Crippen molar-refractivity contribution in [3.63, 3.8) is 0 Å². The normalized spacial score (nSPS) is 12.5. The molecule has 2 N–H and O–H groups in total. The summed E-state index contributed by atoms with van der Waals surface area (Å²) in [5.74, 6) is 0. The van der Waals surface area contributed by atoms with Crippen LogP contribution in [0.4, 0.5) is 0 Å². The van der Waals surface area contributed by atoms with Gasteiger partial charge in [-0.3, -0.25) is 0 Å². The topological polar surface area (TPSA) is 29.3 Å². The van der Waals surface area contributed by atoms with Gasteiger partial charge >= 0.3 is 0 Å². The van der Waals surface area contributed by atoms with E-state index in [-0.39, 0.29) is 5.54 Å². The Morgan fingerprint density at radius 3 is 2.31 bits per heavy atom. The minimum Gasteiger partial charge on any atom is -0.330 e. The maximum atomic E-state index is 5.58. The first kappa shape index (κ1) is 12.9. The molecule has 0 rings (SSSR count). The lowest BCUT2D eigenvalue weighted by Crippen LogP contribution is -2.43. The SMILES string of the molecule is CCCCCN(C)C(C)(C)CCN. The Balaban J connectivity index is 3.72. The van der Waals surface area contributed by atoms with Crippen LogP contribution < -0.4 is 5.73 Å². The van der Waals surface area contributed by atoms with Crippen LogP contribution in [-0.2, 0) is 0 Å². The van der Waals surface area contributed by atoms with Gasteiger partial charge in [-0.1, -0.05) is 19.8 Å². The van der Waals surface area contributed by atoms with Crippen molar-refractivity contribution >= 4 is 0 Å². The van der Waals surface area contributed by atoms with Crippen molar-refractivity contribution in [3.05, 3.63) is 0 Å². The molecule has 0 unspecified atom stereocenters. The van der Waals surface area contributed by atoms with E-state index in [1.54, 1.807) is 0 Å². The lowest BCUT2D eigenvalue weighted by Gasteiger charge is -2.35. The Labute approximate surface area is 83.5 Å². The van der Waals surface area contributed by atoms with Gasteiger partial charge in [0.25, 0.3) is 0 Å². The molecule has 0 spiro atoms. The van der Waals surface area contributed by atoms with E-state index >= 15 is 0 Å². The number of nitrogens with two attached hydrogens (primary N) is 1. The van der Waals surface area contributed by atoms with Gasteiger partial charge in [-0.2, -0.15) is 0 Å². The first-order valence-corrected chi connectivity index (χ1v) is 5.46. The molecule has 0 fully saturated rings. The van der Waals surface area contributed by atoms with E-state index in [0.717, 1.165) is 13.0 Å². The molecule has 0 atom stereocenters. The fourth-order valence-electron chi connectivity index (χ4n) is 1.45. The molecule has 13 heavy (non-hydrogen) atoms. The summed E-state index contributed by atoms with van der Waals surface area (Å²) >= 11 is 0. The molecule has 0 saturated carbocycles. The average molecular weight is 186 g/mol. The lowest BCUT2D eigenvalue weighted by molar-refractivity contribution is 0.145. The van der Waals surface area contributed by atoms with E-state index in [0.29, 0.717) is 0 Å². The van der Waals surface area contributed by atoms with Crippen molar-refractivity contribution < 1.29 is 0 Å². The number of hydrogen-bond donors (Lipinski definition) is 1. The molecule has 0 aromatic carbocycles. The summed E-state index contributed by atoms with van der Waals surface area (Å²) in [6, 6.07) is 0. The lowest BCUT2D eigenvalue weighted by atomic mass is 9.98. The molecule has 0 radical (unpaired) electrons. The fourth-order valence-corrected chi connectivity index (χ4v) is 1.45. The third-order valence-electron chi connectivity index (χ3n) is 2.89. The predicted molar refractivity (Wildman–Crippen MR) is 59.9 cm³/mol. The minimum atomic E-state index is 0.266. The molecule has 2 nitrogen and oxygen atoms in total. The van der Waals surface area contributed by atoms with Crippen molar-refractivity contribution in [2.24, 2.45) is 5.73 Å². The van der Waals surface area contributed by atoms with Gasteiger partial charge in [-0.05, 0) is 46.8 Å². The van der Waals surface area contributed by atoms with Crippen molar-refractivity contribution in [1.29, 1.82) is 0 Å². The van der Waals surface area contributed by atoms with E-state index in [2.05, 4.69) is 32.7 Å². The van der Waals surface area contributed by atoms with Crippen molar-refractivity contribution in [2.45, 2.75) is 52.0 Å². The highest BCUT2D eigenvalue weighted by molar-refractivity contribution is 4.79. The average Bonchev–Trinajstić information content (AvgIpc) is 2.04. The fraction of sp³-hybridized carbons (Fsp3) is 1.00. The quantitative estimate of drug-likeness (QED) is 0.618. The maximum Gasteiger partial charge on any atom is 0.0162 e. The molecule has 0 heterocycles. The third kappa shape index (κ3) is 5.27. The molecule has 80 valence electrons. The van der Waals surface area contributed by atoms with Crippen LogP contribution in [0.1, 0.15) is 46.5 Å². The summed E-state index contributed by atoms with van der Waals surface area (Å²) in [5.41, 5.74) is 5.85. The highest BCUT2D eigenvalue weighted by atomic mass is 15.2. The Hall–Kier alpha value is -0.0800. The predicted octanol–water partition coefficient (Wildman–Crippen LogP) is 2.24. The smallest absolute Gasteiger partial charge is 0.0162 e. The molecule has 0 aliphatic heterocycles. The van der Waals surface area contributed by atoms with Gasteiger partial charge in [0.05, 0.1) is 0 Å². The molecule has 2 heteroatoms. The summed E-state index contributed by atoms with van der Waals surface area (Å²) in [6.45, 7) is 8.76. The number of unbranched alkanes of at least 4 members (excludes halogenated alkanes) is 2. The monoisotopic (exact) mass is 186 g/mol. The van der Waals surface area contributed by atoms with Gasteiger partial charge in [-0.25, -0.2) is 0 Å². The third-order valence-corrected chi connectivity index (χ3v) is 2.89. The number of hydrogen-bond acceptors (Lipinski definition) is 2. The van der Waals surface area contributed by atoms with E-state index in [1.807, 2.05) is 0 Å². The molecular weight excluding hydrogens is 160 g/mol. The van der Waals surface area contributed by atoms with E-state index in [9.17, 15) is 0 Å². The first-order chi connectivity index (χ1) is 6.04. The van der Waals surface area contributed by atoms with E-state index in [1.165, 1.54) is 25.8 Å². The second kappa shape index (κ2) is 6.39. The maximum absolute atomic E-state index is 5.58. The summed E-state index contributed by atoms with van der Waals surface area (Å²) in [4.78, 5) is 2.43. The van der Waals surface area contributed by atoms with Crippen molar-refractivity contribution in [2.75, 3.05) is 20.1 Å². The number of rotatable bonds is 7. The van der Waals surface area contributed by atoms with Crippen molar-refractivity contribution in [3.8, 4) is 0 Å². The van der Waals surface area contributed by atoms with Crippen LogP contribution in [0.3, 0.4) is 0 Å². The zero-order valence-corrected chi connectivity index (χ0v) is 9.77. The zero-order valence-electron chi connectivity index (χ0n) is 9.77. The zero-order chi connectivity index (χ0) is 10.3. The van der Waals surface area contributed by atoms with Crippen LogP contribution in [0, 0.1) is 0 Å². The van der Waals surface area contributed by atoms with Crippen LogP contribution in [0.15, 0.2) is 0 Å². The highest BCUT2D eigenvalue weighted by Crippen LogP contribution is 2.16. The Morgan fingerprint density at radius 2 is 1.85 bits per heavy atom. The van der Waals surface area contributed by atoms with Gasteiger partial charge in [0.15, 0.2) is 0 Å². The Kier molecular flexibility index (Phi) is 6.35. The Morgan fingerprint density at radius 1 is 1.23 bits per heavy atom. The molecule has 0 amide bonds. The minimum absolute atomic E-state index is 0.266. The van der Waals surface area contributed by atoms with Gasteiger partial charge in [0, 0.05) is 5.54 Å². The van der Waals surface area contributed by atoms with Gasteiger partial charge in [0.2, 0.25) is 0 Å². The molecule has 0 aliphatic rings. The molecule has 0 bridgehead atoms. The van der Waals surface area contributed by atoms with Crippen LogP contribution in [-0.4, -0.2) is 30.6 Å². The second-order valence-electron chi connectivity index (χ2n) is 4.48. The Bertz CT molecular complexity index is 121. The second-order valence-corrected chi connectivity index (χ2v) is 4.48. The van der Waals surface area contributed by atoms with Crippen LogP contribution in [0.2, 0.25) is 0 Å². The molecule has 0 aromatic rings. The van der Waals surface area contributed by atoms with E-state index < -0.39 is 0 Å². The number of nitrogens with zero attached hydrogens (tertiary/aromatic N) is 1. The first-order valence-electron chi connectivity index (χ1n) is 5.46. The summed E-state index contributed by atoms with van der Waals surface area (Å²) < 4.78 is 0. The summed E-state index contributed by atoms with van der Waals surface area (Å²) in [5, 5.41) is 0.